The second kappa shape index (κ2) is 15.1. The van der Waals surface area contributed by atoms with Gasteiger partial charge in [-0.3, -0.25) is 0 Å². The molecule has 11 aromatic rings. The van der Waals surface area contributed by atoms with E-state index in [1.54, 1.807) is 0 Å². The molecule has 0 radical (unpaired) electrons. The van der Waals surface area contributed by atoms with Crippen LogP contribution < -0.4 is 4.90 Å². The maximum Gasteiger partial charge on any atom is 0.227 e. The number of fused-ring (bicyclic) bond motifs is 4. The predicted molar refractivity (Wildman–Crippen MR) is 251 cm³/mol. The highest BCUT2D eigenvalue weighted by Gasteiger charge is 2.23. The fourth-order valence-corrected chi connectivity index (χ4v) is 8.68. The lowest BCUT2D eigenvalue weighted by Gasteiger charge is -2.30. The summed E-state index contributed by atoms with van der Waals surface area (Å²) in [5.74, 6) is 0.625. The summed E-state index contributed by atoms with van der Waals surface area (Å²) in [5.41, 5.74) is 15.0. The van der Waals surface area contributed by atoms with E-state index in [2.05, 4.69) is 205 Å². The zero-order valence-corrected chi connectivity index (χ0v) is 32.7. The maximum atomic E-state index is 6.29. The first kappa shape index (κ1) is 35.2. The lowest BCUT2D eigenvalue weighted by Crippen LogP contribution is -2.12. The molecule has 1 aromatic heterocycles. The van der Waals surface area contributed by atoms with Crippen LogP contribution in [0.5, 0.6) is 0 Å². The molecule has 0 saturated carbocycles. The molecule has 0 bridgehead atoms. The van der Waals surface area contributed by atoms with Crippen molar-refractivity contribution >= 4 is 49.7 Å². The number of anilines is 3. The summed E-state index contributed by atoms with van der Waals surface area (Å²) < 4.78 is 6.29. The second-order valence-corrected chi connectivity index (χ2v) is 15.1. The van der Waals surface area contributed by atoms with Gasteiger partial charge in [-0.2, -0.15) is 0 Å². The van der Waals surface area contributed by atoms with Gasteiger partial charge < -0.3 is 9.32 Å². The van der Waals surface area contributed by atoms with E-state index < -0.39 is 0 Å². The molecule has 0 aliphatic heterocycles. The van der Waals surface area contributed by atoms with Crippen molar-refractivity contribution < 1.29 is 4.42 Å². The molecule has 0 aliphatic carbocycles. The molecular formula is C57H38N2O. The smallest absolute Gasteiger partial charge is 0.227 e. The van der Waals surface area contributed by atoms with Crippen molar-refractivity contribution in [2.75, 3.05) is 4.90 Å². The van der Waals surface area contributed by atoms with E-state index in [4.69, 9.17) is 9.40 Å². The van der Waals surface area contributed by atoms with Crippen molar-refractivity contribution in [3.63, 3.8) is 0 Å². The molecule has 10 aromatic carbocycles. The standard InChI is InChI=1S/C57H38N2O/c1-4-17-40(18-5-1)49-28-12-13-32-53(49)59(45-26-14-25-43(37-45)47-29-15-24-39-21-10-11-27-46(39)47)54-35-33-44(38-52(54)41-19-6-2-7-20-41)48-30-16-31-51-50(48)34-36-55-56(51)58-57(60-55)42-22-8-3-9-23-42/h1-38H. The summed E-state index contributed by atoms with van der Waals surface area (Å²) in [5, 5.41) is 4.64. The molecule has 1 heterocycles. The number of nitrogens with zero attached hydrogens (tertiary/aromatic N) is 2. The minimum Gasteiger partial charge on any atom is -0.436 e. The van der Waals surface area contributed by atoms with Gasteiger partial charge in [-0.1, -0.05) is 176 Å². The fraction of sp³-hybridized carbons (Fsp3) is 0. The van der Waals surface area contributed by atoms with Crippen molar-refractivity contribution in [1.82, 2.24) is 4.98 Å². The van der Waals surface area contributed by atoms with Gasteiger partial charge in [0.05, 0.1) is 11.4 Å². The van der Waals surface area contributed by atoms with Crippen LogP contribution >= 0.6 is 0 Å². The largest absolute Gasteiger partial charge is 0.436 e. The quantitative estimate of drug-likeness (QED) is 0.154. The highest BCUT2D eigenvalue weighted by atomic mass is 16.3. The van der Waals surface area contributed by atoms with Crippen LogP contribution in [0.3, 0.4) is 0 Å². The Kier molecular flexibility index (Phi) is 8.83. The molecule has 0 spiro atoms. The van der Waals surface area contributed by atoms with E-state index in [9.17, 15) is 0 Å². The summed E-state index contributed by atoms with van der Waals surface area (Å²) in [4.78, 5) is 7.46. The highest BCUT2D eigenvalue weighted by Crippen LogP contribution is 2.47. The van der Waals surface area contributed by atoms with Gasteiger partial charge >= 0.3 is 0 Å². The Labute approximate surface area is 349 Å². The zero-order chi connectivity index (χ0) is 39.8. The Hall–Kier alpha value is -8.01. The van der Waals surface area contributed by atoms with Crippen LogP contribution in [0.15, 0.2) is 235 Å². The SMILES string of the molecule is c1ccc(-c2nc3c(ccc4c(-c5ccc(N(c6cccc(-c7cccc8ccccc78)c6)c6ccccc6-c6ccccc6)c(-c6ccccc6)c5)cccc43)o2)cc1. The molecule has 0 atom stereocenters. The Morgan fingerprint density at radius 2 is 0.883 bits per heavy atom. The number of benzene rings is 10. The van der Waals surface area contributed by atoms with Crippen molar-refractivity contribution in [2.45, 2.75) is 0 Å². The maximum absolute atomic E-state index is 6.29. The van der Waals surface area contributed by atoms with E-state index in [0.717, 1.165) is 83.4 Å². The minimum absolute atomic E-state index is 0.625. The summed E-state index contributed by atoms with van der Waals surface area (Å²) in [7, 11) is 0. The zero-order valence-electron chi connectivity index (χ0n) is 32.7. The number of hydrogen-bond donors (Lipinski definition) is 0. The molecule has 0 N–H and O–H groups in total. The van der Waals surface area contributed by atoms with Gasteiger partial charge in [0.25, 0.3) is 0 Å². The third-order valence-corrected chi connectivity index (χ3v) is 11.5. The third kappa shape index (κ3) is 6.30. The van der Waals surface area contributed by atoms with Crippen LogP contribution in [0.2, 0.25) is 0 Å². The average molecular weight is 767 g/mol. The van der Waals surface area contributed by atoms with Gasteiger partial charge in [0, 0.05) is 27.8 Å². The minimum atomic E-state index is 0.625. The number of rotatable bonds is 8. The molecule has 0 unspecified atom stereocenters. The first-order valence-corrected chi connectivity index (χ1v) is 20.4. The van der Waals surface area contributed by atoms with E-state index in [-0.39, 0.29) is 0 Å². The molecular weight excluding hydrogens is 729 g/mol. The summed E-state index contributed by atoms with van der Waals surface area (Å²) in [6, 6.07) is 82.1. The third-order valence-electron chi connectivity index (χ3n) is 11.5. The molecule has 3 heteroatoms. The number of hydrogen-bond acceptors (Lipinski definition) is 3. The highest BCUT2D eigenvalue weighted by molar-refractivity contribution is 6.10. The van der Waals surface area contributed by atoms with E-state index in [1.807, 2.05) is 30.3 Å². The van der Waals surface area contributed by atoms with Crippen molar-refractivity contribution in [1.29, 1.82) is 0 Å². The van der Waals surface area contributed by atoms with E-state index >= 15 is 0 Å². The summed E-state index contributed by atoms with van der Waals surface area (Å²) >= 11 is 0. The number of para-hydroxylation sites is 1. The molecule has 0 amide bonds. The van der Waals surface area contributed by atoms with Crippen LogP contribution in [-0.2, 0) is 0 Å². The molecule has 60 heavy (non-hydrogen) atoms. The van der Waals surface area contributed by atoms with Crippen LogP contribution in [-0.4, -0.2) is 4.98 Å². The molecule has 3 nitrogen and oxygen atoms in total. The first-order valence-electron chi connectivity index (χ1n) is 20.4. The van der Waals surface area contributed by atoms with Gasteiger partial charge in [-0.15, -0.1) is 0 Å². The number of oxazole rings is 1. The van der Waals surface area contributed by atoms with E-state index in [0.29, 0.717) is 5.89 Å². The molecule has 0 saturated heterocycles. The van der Waals surface area contributed by atoms with Gasteiger partial charge in [0.2, 0.25) is 5.89 Å². The first-order chi connectivity index (χ1) is 29.8. The fourth-order valence-electron chi connectivity index (χ4n) is 8.68. The van der Waals surface area contributed by atoms with Crippen LogP contribution in [0.1, 0.15) is 0 Å². The van der Waals surface area contributed by atoms with Crippen LogP contribution in [0, 0.1) is 0 Å². The summed E-state index contributed by atoms with van der Waals surface area (Å²) in [6.07, 6.45) is 0. The normalized spacial score (nSPS) is 11.3. The Balaban J connectivity index is 1.13. The number of aromatic nitrogens is 1. The predicted octanol–water partition coefficient (Wildman–Crippen LogP) is 15.9. The Morgan fingerprint density at radius 1 is 0.333 bits per heavy atom. The van der Waals surface area contributed by atoms with E-state index in [1.165, 1.54) is 16.3 Å². The van der Waals surface area contributed by atoms with Crippen LogP contribution in [0.4, 0.5) is 17.1 Å². The van der Waals surface area contributed by atoms with Gasteiger partial charge in [-0.25, -0.2) is 4.98 Å². The van der Waals surface area contributed by atoms with Gasteiger partial charge in [0.1, 0.15) is 5.52 Å². The lowest BCUT2D eigenvalue weighted by atomic mass is 9.92. The molecule has 0 aliphatic rings. The summed E-state index contributed by atoms with van der Waals surface area (Å²) in [6.45, 7) is 0. The molecule has 282 valence electrons. The Bertz CT molecular complexity index is 3310. The average Bonchev–Trinajstić information content (AvgIpc) is 3.78. The van der Waals surface area contributed by atoms with Crippen molar-refractivity contribution in [3.05, 3.63) is 231 Å². The van der Waals surface area contributed by atoms with Crippen molar-refractivity contribution in [3.8, 4) is 56.0 Å². The topological polar surface area (TPSA) is 29.3 Å². The monoisotopic (exact) mass is 766 g/mol. The van der Waals surface area contributed by atoms with Crippen molar-refractivity contribution in [2.24, 2.45) is 0 Å². The molecule has 11 rings (SSSR count). The van der Waals surface area contributed by atoms with Crippen LogP contribution in [0.25, 0.3) is 88.6 Å². The van der Waals surface area contributed by atoms with Gasteiger partial charge in [0.15, 0.2) is 5.58 Å². The Morgan fingerprint density at radius 3 is 1.68 bits per heavy atom. The molecule has 0 fully saturated rings. The lowest BCUT2D eigenvalue weighted by molar-refractivity contribution is 0.620. The second-order valence-electron chi connectivity index (χ2n) is 15.1. The van der Waals surface area contributed by atoms with Gasteiger partial charge in [-0.05, 0) is 104 Å².